The van der Waals surface area contributed by atoms with Crippen LogP contribution in [0.2, 0.25) is 4.34 Å². The standard InChI is InChI=1S/C21H15ClF2N2OS/c1-21(27,26-10-2-3-11-26)19-15(17-6-7-18(22)28-17)8-9-25-20(19)14-5-4-13(23)12-16(14)24/h2-12,27H,1H3. The molecule has 7 heteroatoms. The van der Waals surface area contributed by atoms with E-state index in [2.05, 4.69) is 4.98 Å². The van der Waals surface area contributed by atoms with Crippen molar-refractivity contribution in [2.45, 2.75) is 12.6 Å². The van der Waals surface area contributed by atoms with E-state index in [1.165, 1.54) is 29.7 Å². The van der Waals surface area contributed by atoms with Gasteiger partial charge in [-0.25, -0.2) is 8.78 Å². The first-order chi connectivity index (χ1) is 13.4. The highest BCUT2D eigenvalue weighted by Crippen LogP contribution is 2.42. The lowest BCUT2D eigenvalue weighted by Crippen LogP contribution is -2.31. The molecule has 0 saturated carbocycles. The fraction of sp³-hybridized carbons (Fsp3) is 0.0952. The first kappa shape index (κ1) is 18.8. The molecule has 1 unspecified atom stereocenters. The average molecular weight is 417 g/mol. The maximum atomic E-state index is 14.6. The third kappa shape index (κ3) is 3.24. The van der Waals surface area contributed by atoms with Gasteiger partial charge in [-0.05, 0) is 49.4 Å². The normalized spacial score (nSPS) is 13.5. The molecule has 3 nitrogen and oxygen atoms in total. The van der Waals surface area contributed by atoms with E-state index in [1.807, 2.05) is 6.07 Å². The molecular formula is C21H15ClF2N2OS. The zero-order chi connectivity index (χ0) is 19.9. The van der Waals surface area contributed by atoms with E-state index in [0.29, 0.717) is 15.5 Å². The number of benzene rings is 1. The Hall–Kier alpha value is -2.54. The molecule has 0 radical (unpaired) electrons. The minimum atomic E-state index is -1.54. The molecule has 1 N–H and O–H groups in total. The van der Waals surface area contributed by atoms with Gasteiger partial charge in [-0.2, -0.15) is 0 Å². The molecule has 142 valence electrons. The van der Waals surface area contributed by atoms with Crippen LogP contribution in [0.1, 0.15) is 12.5 Å². The number of aliphatic hydroxyl groups is 1. The van der Waals surface area contributed by atoms with Crippen LogP contribution in [0.15, 0.2) is 67.1 Å². The summed E-state index contributed by atoms with van der Waals surface area (Å²) in [4.78, 5) is 5.15. The monoisotopic (exact) mass is 416 g/mol. The van der Waals surface area contributed by atoms with Crippen LogP contribution in [0.3, 0.4) is 0 Å². The Morgan fingerprint density at radius 3 is 2.46 bits per heavy atom. The minimum absolute atomic E-state index is 0.105. The van der Waals surface area contributed by atoms with Gasteiger partial charge in [-0.15, -0.1) is 11.3 Å². The fourth-order valence-corrected chi connectivity index (χ4v) is 4.32. The summed E-state index contributed by atoms with van der Waals surface area (Å²) in [5, 5.41) is 11.5. The number of nitrogens with zero attached hydrogens (tertiary/aromatic N) is 2. The molecule has 0 amide bonds. The van der Waals surface area contributed by atoms with Gasteiger partial charge in [0, 0.05) is 46.2 Å². The molecule has 1 atom stereocenters. The van der Waals surface area contributed by atoms with Gasteiger partial charge in [0.2, 0.25) is 0 Å². The molecule has 28 heavy (non-hydrogen) atoms. The molecule has 0 aliphatic heterocycles. The Bertz CT molecular complexity index is 1140. The molecule has 3 aromatic heterocycles. The van der Waals surface area contributed by atoms with E-state index in [-0.39, 0.29) is 11.3 Å². The zero-order valence-corrected chi connectivity index (χ0v) is 16.3. The summed E-state index contributed by atoms with van der Waals surface area (Å²) < 4.78 is 30.2. The van der Waals surface area contributed by atoms with Crippen molar-refractivity contribution in [2.75, 3.05) is 0 Å². The lowest BCUT2D eigenvalue weighted by atomic mass is 9.92. The first-order valence-corrected chi connectivity index (χ1v) is 9.64. The van der Waals surface area contributed by atoms with Crippen LogP contribution in [-0.4, -0.2) is 14.7 Å². The largest absolute Gasteiger partial charge is 0.367 e. The second kappa shape index (κ2) is 7.13. The second-order valence-electron chi connectivity index (χ2n) is 6.42. The van der Waals surface area contributed by atoms with Crippen molar-refractivity contribution in [1.82, 2.24) is 9.55 Å². The number of halogens is 3. The fourth-order valence-electron chi connectivity index (χ4n) is 3.25. The smallest absolute Gasteiger partial charge is 0.167 e. The number of hydrogen-bond acceptors (Lipinski definition) is 3. The molecule has 0 spiro atoms. The van der Waals surface area contributed by atoms with E-state index in [9.17, 15) is 13.9 Å². The number of aromatic nitrogens is 2. The second-order valence-corrected chi connectivity index (χ2v) is 8.14. The van der Waals surface area contributed by atoms with E-state index in [4.69, 9.17) is 11.6 Å². The Kier molecular flexibility index (Phi) is 4.79. The van der Waals surface area contributed by atoms with Gasteiger partial charge in [0.05, 0.1) is 10.0 Å². The van der Waals surface area contributed by atoms with Crippen LogP contribution in [0.5, 0.6) is 0 Å². The Morgan fingerprint density at radius 1 is 1.07 bits per heavy atom. The van der Waals surface area contributed by atoms with Crippen LogP contribution in [0.4, 0.5) is 8.78 Å². The van der Waals surface area contributed by atoms with E-state index < -0.39 is 17.4 Å². The summed E-state index contributed by atoms with van der Waals surface area (Å²) in [7, 11) is 0. The maximum absolute atomic E-state index is 14.6. The summed E-state index contributed by atoms with van der Waals surface area (Å²) in [6, 6.07) is 12.2. The van der Waals surface area contributed by atoms with Crippen LogP contribution in [-0.2, 0) is 5.72 Å². The van der Waals surface area contributed by atoms with Gasteiger partial charge in [0.25, 0.3) is 0 Å². The van der Waals surface area contributed by atoms with Crippen LogP contribution in [0.25, 0.3) is 21.7 Å². The van der Waals surface area contributed by atoms with Gasteiger partial charge in [0.15, 0.2) is 5.72 Å². The number of thiophene rings is 1. The molecule has 4 aromatic rings. The lowest BCUT2D eigenvalue weighted by molar-refractivity contribution is 0.0266. The van der Waals surface area contributed by atoms with Gasteiger partial charge in [-0.1, -0.05) is 11.6 Å². The number of hydrogen-bond donors (Lipinski definition) is 1. The Morgan fingerprint density at radius 2 is 1.82 bits per heavy atom. The van der Waals surface area contributed by atoms with Gasteiger partial charge < -0.3 is 9.67 Å². The lowest BCUT2D eigenvalue weighted by Gasteiger charge is -2.30. The predicted molar refractivity (Wildman–Crippen MR) is 107 cm³/mol. The summed E-state index contributed by atoms with van der Waals surface area (Å²) in [5.41, 5.74) is -0.134. The highest BCUT2D eigenvalue weighted by Gasteiger charge is 2.33. The molecule has 3 heterocycles. The van der Waals surface area contributed by atoms with Gasteiger partial charge >= 0.3 is 0 Å². The highest BCUT2D eigenvalue weighted by atomic mass is 35.5. The first-order valence-electron chi connectivity index (χ1n) is 8.44. The maximum Gasteiger partial charge on any atom is 0.167 e. The Balaban J connectivity index is 2.04. The molecule has 0 aliphatic rings. The van der Waals surface area contributed by atoms with Gasteiger partial charge in [-0.3, -0.25) is 4.98 Å². The predicted octanol–water partition coefficient (Wildman–Crippen LogP) is 5.92. The molecule has 4 rings (SSSR count). The number of rotatable bonds is 4. The van der Waals surface area contributed by atoms with Crippen molar-refractivity contribution in [3.05, 3.63) is 88.7 Å². The van der Waals surface area contributed by atoms with Crippen molar-refractivity contribution >= 4 is 22.9 Å². The molecule has 0 aliphatic carbocycles. The summed E-state index contributed by atoms with van der Waals surface area (Å²) in [5.74, 6) is -1.43. The zero-order valence-electron chi connectivity index (χ0n) is 14.7. The van der Waals surface area contributed by atoms with Crippen molar-refractivity contribution in [3.63, 3.8) is 0 Å². The van der Waals surface area contributed by atoms with Crippen LogP contribution >= 0.6 is 22.9 Å². The highest BCUT2D eigenvalue weighted by molar-refractivity contribution is 7.19. The topological polar surface area (TPSA) is 38.1 Å². The molecule has 0 saturated heterocycles. The molecule has 0 fully saturated rings. The third-order valence-electron chi connectivity index (χ3n) is 4.56. The van der Waals surface area contributed by atoms with E-state index in [1.54, 1.807) is 48.1 Å². The van der Waals surface area contributed by atoms with Crippen molar-refractivity contribution in [3.8, 4) is 21.7 Å². The van der Waals surface area contributed by atoms with Crippen LogP contribution < -0.4 is 0 Å². The average Bonchev–Trinajstić information content (AvgIpc) is 3.33. The van der Waals surface area contributed by atoms with Crippen molar-refractivity contribution in [1.29, 1.82) is 0 Å². The minimum Gasteiger partial charge on any atom is -0.367 e. The summed E-state index contributed by atoms with van der Waals surface area (Å²) >= 11 is 7.45. The summed E-state index contributed by atoms with van der Waals surface area (Å²) in [6.45, 7) is 1.60. The van der Waals surface area contributed by atoms with Crippen molar-refractivity contribution < 1.29 is 13.9 Å². The van der Waals surface area contributed by atoms with Crippen LogP contribution in [0, 0.1) is 11.6 Å². The number of pyridine rings is 1. The quantitative estimate of drug-likeness (QED) is 0.448. The van der Waals surface area contributed by atoms with Crippen molar-refractivity contribution in [2.24, 2.45) is 0 Å². The van der Waals surface area contributed by atoms with E-state index >= 15 is 0 Å². The molecular weight excluding hydrogens is 402 g/mol. The van der Waals surface area contributed by atoms with Gasteiger partial charge in [0.1, 0.15) is 11.6 Å². The third-order valence-corrected chi connectivity index (χ3v) is 5.82. The SMILES string of the molecule is CC(O)(c1c(-c2ccc(Cl)s2)ccnc1-c1ccc(F)cc1F)n1cccc1. The molecule has 0 bridgehead atoms. The Labute approximate surface area is 169 Å². The van der Waals surface area contributed by atoms with E-state index in [0.717, 1.165) is 10.9 Å². The summed E-state index contributed by atoms with van der Waals surface area (Å²) in [6.07, 6.45) is 4.96. The molecule has 1 aromatic carbocycles.